The molecule has 0 saturated heterocycles. The lowest BCUT2D eigenvalue weighted by molar-refractivity contribution is -0.137. The van der Waals surface area contributed by atoms with E-state index in [1.807, 2.05) is 18.2 Å². The number of rotatable bonds is 5. The lowest BCUT2D eigenvalue weighted by Gasteiger charge is -2.15. The van der Waals surface area contributed by atoms with Crippen molar-refractivity contribution in [3.05, 3.63) is 64.3 Å². The smallest absolute Gasteiger partial charge is 0.375 e. The van der Waals surface area contributed by atoms with Crippen molar-refractivity contribution in [2.45, 2.75) is 6.18 Å². The Balaban J connectivity index is 1.81. The molecule has 1 amide bonds. The first-order chi connectivity index (χ1) is 12.8. The number of carbonyl (C=O) groups is 1. The monoisotopic (exact) mass is 487 g/mol. The van der Waals surface area contributed by atoms with Crippen LogP contribution >= 0.6 is 22.6 Å². The van der Waals surface area contributed by atoms with Crippen LogP contribution in [0.15, 0.2) is 55.1 Å². The summed E-state index contributed by atoms with van der Waals surface area (Å²) >= 11 is 2.12. The highest BCUT2D eigenvalue weighted by atomic mass is 127. The summed E-state index contributed by atoms with van der Waals surface area (Å²) in [6.45, 7) is -0.104. The summed E-state index contributed by atoms with van der Waals surface area (Å²) in [5.74, 6) is -0.490. The predicted molar refractivity (Wildman–Crippen MR) is 103 cm³/mol. The maximum Gasteiger partial charge on any atom is 0.416 e. The Bertz CT molecular complexity index is 944. The first-order valence-corrected chi connectivity index (χ1v) is 8.77. The molecule has 2 N–H and O–H groups in total. The van der Waals surface area contributed by atoms with Gasteiger partial charge in [-0.1, -0.05) is 12.1 Å². The van der Waals surface area contributed by atoms with Gasteiger partial charge in [-0.15, -0.1) is 0 Å². The molecule has 0 bridgehead atoms. The largest absolute Gasteiger partial charge is 0.416 e. The zero-order valence-corrected chi connectivity index (χ0v) is 15.8. The van der Waals surface area contributed by atoms with Gasteiger partial charge in [-0.25, -0.2) is 9.67 Å². The molecule has 140 valence electrons. The second-order valence-electron chi connectivity index (χ2n) is 5.45. The van der Waals surface area contributed by atoms with Gasteiger partial charge in [0.05, 0.1) is 23.5 Å². The minimum Gasteiger partial charge on any atom is -0.375 e. The number of aromatic nitrogens is 3. The molecule has 0 radical (unpaired) electrons. The Labute approximate surface area is 165 Å². The van der Waals surface area contributed by atoms with E-state index in [9.17, 15) is 18.0 Å². The molecular formula is C17H13F3IN5O. The fourth-order valence-corrected chi connectivity index (χ4v) is 2.90. The Morgan fingerprint density at radius 1 is 1.15 bits per heavy atom. The summed E-state index contributed by atoms with van der Waals surface area (Å²) in [6, 6.07) is 10.4. The number of amides is 1. The third-order valence-corrected chi connectivity index (χ3v) is 4.52. The number of halogens is 4. The number of hydrogen-bond donors (Lipinski definition) is 2. The van der Waals surface area contributed by atoms with E-state index in [0.717, 1.165) is 21.4 Å². The lowest BCUT2D eigenvalue weighted by Crippen LogP contribution is -2.23. The Morgan fingerprint density at radius 3 is 2.59 bits per heavy atom. The quantitative estimate of drug-likeness (QED) is 0.535. The molecular weight excluding hydrogens is 474 g/mol. The van der Waals surface area contributed by atoms with E-state index in [0.29, 0.717) is 0 Å². The lowest BCUT2D eigenvalue weighted by atomic mass is 10.1. The van der Waals surface area contributed by atoms with Crippen molar-refractivity contribution in [3.8, 4) is 5.69 Å². The van der Waals surface area contributed by atoms with Crippen LogP contribution in [0.3, 0.4) is 0 Å². The van der Waals surface area contributed by atoms with Gasteiger partial charge in [0.25, 0.3) is 0 Å². The molecule has 0 unspecified atom stereocenters. The van der Waals surface area contributed by atoms with Crippen molar-refractivity contribution in [1.29, 1.82) is 0 Å². The number of anilines is 2. The topological polar surface area (TPSA) is 71.8 Å². The number of carbonyl (C=O) groups excluding carboxylic acids is 1. The first kappa shape index (κ1) is 19.1. The molecule has 0 atom stereocenters. The van der Waals surface area contributed by atoms with Crippen LogP contribution in [0.1, 0.15) is 5.56 Å². The number of alkyl halides is 3. The highest BCUT2D eigenvalue weighted by Gasteiger charge is 2.31. The van der Waals surface area contributed by atoms with E-state index in [1.165, 1.54) is 23.4 Å². The van der Waals surface area contributed by atoms with Gasteiger partial charge < -0.3 is 10.6 Å². The average Bonchev–Trinajstić information content (AvgIpc) is 3.14. The van der Waals surface area contributed by atoms with E-state index < -0.39 is 17.6 Å². The minimum absolute atomic E-state index is 0.00937. The highest BCUT2D eigenvalue weighted by molar-refractivity contribution is 14.1. The van der Waals surface area contributed by atoms with Crippen molar-refractivity contribution in [3.63, 3.8) is 0 Å². The number of benzene rings is 2. The summed E-state index contributed by atoms with van der Waals surface area (Å²) < 4.78 is 41.3. The molecule has 0 saturated carbocycles. The molecule has 6 nitrogen and oxygen atoms in total. The van der Waals surface area contributed by atoms with Crippen LogP contribution in [0, 0.1) is 3.57 Å². The molecule has 1 aromatic heterocycles. The minimum atomic E-state index is -4.53. The van der Waals surface area contributed by atoms with Gasteiger partial charge in [0, 0.05) is 9.26 Å². The number of nitrogens with one attached hydrogen (secondary N) is 2. The summed E-state index contributed by atoms with van der Waals surface area (Å²) in [6.07, 6.45) is -1.94. The third-order valence-electron chi connectivity index (χ3n) is 3.58. The number of nitrogens with zero attached hydrogens (tertiary/aromatic N) is 3. The van der Waals surface area contributed by atoms with Crippen molar-refractivity contribution in [2.75, 3.05) is 17.2 Å². The van der Waals surface area contributed by atoms with Crippen LogP contribution in [0.4, 0.5) is 24.5 Å². The van der Waals surface area contributed by atoms with Crippen molar-refractivity contribution in [2.24, 2.45) is 0 Å². The molecule has 0 aliphatic rings. The van der Waals surface area contributed by atoms with Gasteiger partial charge in [0.1, 0.15) is 12.7 Å². The Kier molecular flexibility index (Phi) is 5.63. The summed E-state index contributed by atoms with van der Waals surface area (Å²) in [4.78, 5) is 16.1. The van der Waals surface area contributed by atoms with Gasteiger partial charge in [0.2, 0.25) is 5.91 Å². The van der Waals surface area contributed by atoms with E-state index in [1.54, 1.807) is 6.07 Å². The summed E-state index contributed by atoms with van der Waals surface area (Å²) in [5, 5.41) is 9.37. The van der Waals surface area contributed by atoms with Crippen LogP contribution in [0.2, 0.25) is 0 Å². The van der Waals surface area contributed by atoms with Gasteiger partial charge >= 0.3 is 6.18 Å². The molecule has 0 fully saturated rings. The molecule has 2 aromatic carbocycles. The van der Waals surface area contributed by atoms with Crippen molar-refractivity contribution < 1.29 is 18.0 Å². The molecule has 1 heterocycles. The molecule has 3 rings (SSSR count). The number of para-hydroxylation sites is 1. The van der Waals surface area contributed by atoms with Gasteiger partial charge in [-0.05, 0) is 52.9 Å². The summed E-state index contributed by atoms with van der Waals surface area (Å²) in [5.41, 5.74) is 0.161. The second kappa shape index (κ2) is 7.94. The average molecular weight is 487 g/mol. The Hall–Kier alpha value is -2.63. The van der Waals surface area contributed by atoms with Crippen LogP contribution in [-0.2, 0) is 11.0 Å². The molecule has 0 aliphatic heterocycles. The Morgan fingerprint density at radius 2 is 1.93 bits per heavy atom. The van der Waals surface area contributed by atoms with E-state index in [-0.39, 0.29) is 17.9 Å². The molecule has 0 spiro atoms. The highest BCUT2D eigenvalue weighted by Crippen LogP contribution is 2.33. The maximum absolute atomic E-state index is 13.0. The number of hydrogen-bond acceptors (Lipinski definition) is 4. The van der Waals surface area contributed by atoms with E-state index in [4.69, 9.17) is 0 Å². The normalized spacial score (nSPS) is 11.3. The zero-order chi connectivity index (χ0) is 19.4. The van der Waals surface area contributed by atoms with Crippen LogP contribution in [-0.4, -0.2) is 27.2 Å². The second-order valence-corrected chi connectivity index (χ2v) is 6.61. The predicted octanol–water partition coefficient (Wildman–Crippen LogP) is 3.94. The van der Waals surface area contributed by atoms with Gasteiger partial charge in [-0.3, -0.25) is 4.79 Å². The SMILES string of the molecule is O=C(CNc1ccccc1I)Nc1cc(C(F)(F)F)ccc1-n1cncn1. The maximum atomic E-state index is 13.0. The van der Waals surface area contributed by atoms with Crippen molar-refractivity contribution in [1.82, 2.24) is 14.8 Å². The molecule has 10 heteroatoms. The fourth-order valence-electron chi connectivity index (χ4n) is 2.32. The van der Waals surface area contributed by atoms with E-state index in [2.05, 4.69) is 43.3 Å². The zero-order valence-electron chi connectivity index (χ0n) is 13.7. The van der Waals surface area contributed by atoms with Crippen molar-refractivity contribution >= 4 is 39.9 Å². The van der Waals surface area contributed by atoms with Crippen LogP contribution in [0.5, 0.6) is 0 Å². The molecule has 3 aromatic rings. The standard InChI is InChI=1S/C17H13F3IN5O/c18-17(19,20)11-5-6-15(26-10-22-9-24-26)14(7-11)25-16(27)8-23-13-4-2-1-3-12(13)21/h1-7,9-10,23H,8H2,(H,25,27). The molecule has 27 heavy (non-hydrogen) atoms. The van der Waals surface area contributed by atoms with Gasteiger partial charge in [0.15, 0.2) is 0 Å². The fraction of sp³-hybridized carbons (Fsp3) is 0.118. The van der Waals surface area contributed by atoms with Crippen LogP contribution < -0.4 is 10.6 Å². The third kappa shape index (κ3) is 4.76. The molecule has 0 aliphatic carbocycles. The summed E-state index contributed by atoms with van der Waals surface area (Å²) in [7, 11) is 0. The van der Waals surface area contributed by atoms with Gasteiger partial charge in [-0.2, -0.15) is 18.3 Å². The van der Waals surface area contributed by atoms with Crippen LogP contribution in [0.25, 0.3) is 5.69 Å². The van der Waals surface area contributed by atoms with E-state index >= 15 is 0 Å². The first-order valence-electron chi connectivity index (χ1n) is 7.69.